The zero-order chi connectivity index (χ0) is 14.0. The second-order valence-corrected chi connectivity index (χ2v) is 3.77. The van der Waals surface area contributed by atoms with Gasteiger partial charge in [0.1, 0.15) is 5.52 Å². The molecule has 0 saturated carbocycles. The fraction of sp³-hybridized carbons (Fsp3) is 0.250. The summed E-state index contributed by atoms with van der Waals surface area (Å²) in [4.78, 5) is 23.0. The van der Waals surface area contributed by atoms with Crippen LogP contribution in [0.25, 0.3) is 10.9 Å². The van der Waals surface area contributed by atoms with Crippen LogP contribution < -0.4 is 0 Å². The number of hydrogen-bond acceptors (Lipinski definition) is 5. The van der Waals surface area contributed by atoms with Gasteiger partial charge in [-0.15, -0.1) is 0 Å². The quantitative estimate of drug-likeness (QED) is 0.511. The number of aliphatic hydroxyl groups is 1. The largest absolute Gasteiger partial charge is 0.461 e. The van der Waals surface area contributed by atoms with Gasteiger partial charge in [-0.05, 0) is 13.0 Å². The number of nitro groups is 1. The van der Waals surface area contributed by atoms with Gasteiger partial charge in [-0.3, -0.25) is 0 Å². The number of aromatic nitrogens is 1. The summed E-state index contributed by atoms with van der Waals surface area (Å²) in [5, 5.41) is 20.3. The van der Waals surface area contributed by atoms with E-state index >= 15 is 0 Å². The van der Waals surface area contributed by atoms with E-state index in [0.717, 1.165) is 0 Å². The lowest BCUT2D eigenvalue weighted by atomic mass is 10.1. The number of para-hydroxylation sites is 1. The van der Waals surface area contributed by atoms with Crippen molar-refractivity contribution >= 4 is 16.9 Å². The maximum Gasteiger partial charge on any atom is 0.361 e. The van der Waals surface area contributed by atoms with Crippen molar-refractivity contribution in [3.63, 3.8) is 0 Å². The molecule has 0 aliphatic rings. The van der Waals surface area contributed by atoms with Gasteiger partial charge in [-0.2, -0.15) is 0 Å². The predicted molar refractivity (Wildman–Crippen MR) is 66.2 cm³/mol. The van der Waals surface area contributed by atoms with Gasteiger partial charge in [0.05, 0.1) is 13.2 Å². The predicted octanol–water partition coefficient (Wildman–Crippen LogP) is 1.35. The molecule has 0 radical (unpaired) electrons. The molecule has 0 spiro atoms. The lowest BCUT2D eigenvalue weighted by molar-refractivity contribution is -0.538. The zero-order valence-corrected chi connectivity index (χ0v) is 10.2. The Balaban J connectivity index is 2.82. The van der Waals surface area contributed by atoms with Crippen molar-refractivity contribution in [3.8, 4) is 0 Å². The standard InChI is InChI=1S/C12H12N2O5/c1-2-19-12(16)11-9(7-15)8-5-3-4-6-10(8)13(11)14(17)18/h3-6,15H,2,7H2,1H3. The second-order valence-electron chi connectivity index (χ2n) is 3.77. The molecule has 0 aliphatic heterocycles. The molecule has 2 rings (SSSR count). The van der Waals surface area contributed by atoms with E-state index in [1.165, 1.54) is 6.07 Å². The molecule has 1 N–H and O–H groups in total. The first kappa shape index (κ1) is 13.0. The molecule has 0 saturated heterocycles. The topological polar surface area (TPSA) is 94.6 Å². The van der Waals surface area contributed by atoms with Crippen LogP contribution in [-0.4, -0.2) is 27.4 Å². The van der Waals surface area contributed by atoms with Crippen molar-refractivity contribution in [1.29, 1.82) is 0 Å². The molecule has 0 bridgehead atoms. The summed E-state index contributed by atoms with van der Waals surface area (Å²) in [6.45, 7) is 1.23. The minimum atomic E-state index is -0.820. The number of carbonyl (C=O) groups is 1. The van der Waals surface area contributed by atoms with E-state index in [0.29, 0.717) is 10.1 Å². The third-order valence-corrected chi connectivity index (χ3v) is 2.75. The number of fused-ring (bicyclic) bond motifs is 1. The molecule has 0 atom stereocenters. The smallest absolute Gasteiger partial charge is 0.361 e. The average molecular weight is 264 g/mol. The third kappa shape index (κ3) is 2.04. The van der Waals surface area contributed by atoms with E-state index in [1.54, 1.807) is 25.1 Å². The van der Waals surface area contributed by atoms with Gasteiger partial charge in [0.15, 0.2) is 5.03 Å². The average Bonchev–Trinajstić information content (AvgIpc) is 2.73. The fourth-order valence-electron chi connectivity index (χ4n) is 2.03. The van der Waals surface area contributed by atoms with E-state index < -0.39 is 17.6 Å². The van der Waals surface area contributed by atoms with Crippen molar-refractivity contribution in [2.24, 2.45) is 0 Å². The molecule has 1 heterocycles. The van der Waals surface area contributed by atoms with E-state index in [9.17, 15) is 20.0 Å². The monoisotopic (exact) mass is 264 g/mol. The summed E-state index contributed by atoms with van der Waals surface area (Å²) < 4.78 is 5.47. The van der Waals surface area contributed by atoms with Gasteiger partial charge in [-0.1, -0.05) is 22.9 Å². The Kier molecular flexibility index (Phi) is 3.48. The van der Waals surface area contributed by atoms with Gasteiger partial charge in [0, 0.05) is 10.9 Å². The molecule has 1 aromatic carbocycles. The zero-order valence-electron chi connectivity index (χ0n) is 10.2. The van der Waals surface area contributed by atoms with Crippen LogP contribution in [0, 0.1) is 10.1 Å². The number of ether oxygens (including phenoxy) is 1. The second kappa shape index (κ2) is 5.07. The number of benzene rings is 1. The minimum absolute atomic E-state index is 0.100. The molecule has 0 aliphatic carbocycles. The number of esters is 1. The molecule has 0 unspecified atom stereocenters. The Hall–Kier alpha value is -2.41. The van der Waals surface area contributed by atoms with Crippen molar-refractivity contribution in [2.75, 3.05) is 6.61 Å². The first-order valence-corrected chi connectivity index (χ1v) is 5.66. The number of nitrogens with zero attached hydrogens (tertiary/aromatic N) is 2. The Morgan fingerprint density at radius 3 is 2.74 bits per heavy atom. The number of rotatable bonds is 4. The normalized spacial score (nSPS) is 10.6. The van der Waals surface area contributed by atoms with E-state index in [-0.39, 0.29) is 23.4 Å². The van der Waals surface area contributed by atoms with E-state index in [2.05, 4.69) is 0 Å². The Morgan fingerprint density at radius 1 is 1.47 bits per heavy atom. The van der Waals surface area contributed by atoms with Gasteiger partial charge in [0.2, 0.25) is 5.69 Å². The van der Waals surface area contributed by atoms with Crippen molar-refractivity contribution < 1.29 is 19.7 Å². The van der Waals surface area contributed by atoms with Crippen LogP contribution in [0.2, 0.25) is 0 Å². The number of carbonyl (C=O) groups excluding carboxylic acids is 1. The van der Waals surface area contributed by atoms with Crippen molar-refractivity contribution in [3.05, 3.63) is 45.6 Å². The molecule has 7 heteroatoms. The first-order chi connectivity index (χ1) is 9.11. The molecule has 2 aromatic rings. The highest BCUT2D eigenvalue weighted by atomic mass is 16.7. The summed E-state index contributed by atoms with van der Waals surface area (Å²) in [6, 6.07) is 6.43. The van der Waals surface area contributed by atoms with E-state index in [4.69, 9.17) is 4.74 Å². The van der Waals surface area contributed by atoms with Crippen LogP contribution in [0.5, 0.6) is 0 Å². The molecule has 19 heavy (non-hydrogen) atoms. The summed E-state index contributed by atoms with van der Waals surface area (Å²) in [7, 11) is 0. The van der Waals surface area contributed by atoms with Gasteiger partial charge >= 0.3 is 5.97 Å². The third-order valence-electron chi connectivity index (χ3n) is 2.75. The Bertz CT molecular complexity index is 647. The molecule has 1 aromatic heterocycles. The molecule has 0 fully saturated rings. The van der Waals surface area contributed by atoms with E-state index in [1.807, 2.05) is 0 Å². The highest BCUT2D eigenvalue weighted by molar-refractivity contribution is 5.98. The Morgan fingerprint density at radius 2 is 2.16 bits per heavy atom. The summed E-state index contributed by atoms with van der Waals surface area (Å²) in [5.74, 6) is -0.820. The highest BCUT2D eigenvalue weighted by Gasteiger charge is 2.29. The SMILES string of the molecule is CCOC(=O)c1c(CO)c2ccccc2n1[N+](=O)[O-]. The lowest BCUT2D eigenvalue weighted by Crippen LogP contribution is -2.19. The maximum atomic E-state index is 11.9. The number of hydrogen-bond donors (Lipinski definition) is 1. The number of aliphatic hydroxyl groups excluding tert-OH is 1. The fourth-order valence-corrected chi connectivity index (χ4v) is 2.03. The summed E-state index contributed by atoms with van der Waals surface area (Å²) in [6.07, 6.45) is 0. The van der Waals surface area contributed by atoms with Crippen LogP contribution in [0.4, 0.5) is 0 Å². The molecular weight excluding hydrogens is 252 g/mol. The molecule has 0 amide bonds. The molecule has 100 valence electrons. The van der Waals surface area contributed by atoms with Gasteiger partial charge < -0.3 is 9.84 Å². The van der Waals surface area contributed by atoms with Crippen LogP contribution in [0.3, 0.4) is 0 Å². The lowest BCUT2D eigenvalue weighted by Gasteiger charge is -2.03. The van der Waals surface area contributed by atoms with Crippen LogP contribution >= 0.6 is 0 Å². The van der Waals surface area contributed by atoms with Crippen LogP contribution in [0.15, 0.2) is 24.3 Å². The minimum Gasteiger partial charge on any atom is -0.461 e. The summed E-state index contributed by atoms with van der Waals surface area (Å²) >= 11 is 0. The van der Waals surface area contributed by atoms with Crippen LogP contribution in [0.1, 0.15) is 23.0 Å². The summed E-state index contributed by atoms with van der Waals surface area (Å²) in [5.41, 5.74) is 0.209. The maximum absolute atomic E-state index is 11.9. The van der Waals surface area contributed by atoms with Crippen molar-refractivity contribution in [2.45, 2.75) is 13.5 Å². The Labute approximate surface area is 108 Å². The molecular formula is C12H12N2O5. The van der Waals surface area contributed by atoms with Crippen molar-refractivity contribution in [1.82, 2.24) is 4.68 Å². The molecule has 7 nitrogen and oxygen atoms in total. The first-order valence-electron chi connectivity index (χ1n) is 5.66. The van der Waals surface area contributed by atoms with Gasteiger partial charge in [0.25, 0.3) is 0 Å². The highest BCUT2D eigenvalue weighted by Crippen LogP contribution is 2.26. The van der Waals surface area contributed by atoms with Crippen LogP contribution in [-0.2, 0) is 11.3 Å². The van der Waals surface area contributed by atoms with Gasteiger partial charge in [-0.25, -0.2) is 14.9 Å².